The summed E-state index contributed by atoms with van der Waals surface area (Å²) in [6.45, 7) is 3.38. The van der Waals surface area contributed by atoms with Crippen LogP contribution in [0.5, 0.6) is 0 Å². The summed E-state index contributed by atoms with van der Waals surface area (Å²) in [6.07, 6.45) is 10.1. The molecule has 3 heterocycles. The highest BCUT2D eigenvalue weighted by Gasteiger charge is 2.28. The standard InChI is InChI=1S/C26H30N4O3/c1-17-6-7-23-19(12-17)14-24(33-23)26(32)30-10-8-18(9-11-30)13-22-21(15-27-16-28-22)25(31)29-20-4-2-3-5-20/h6-7,12,14-16,18,20H,2-5,8-11,13H2,1H3,(H,29,31). The fourth-order valence-corrected chi connectivity index (χ4v) is 5.08. The van der Waals surface area contributed by atoms with Crippen LogP contribution in [0.4, 0.5) is 0 Å². The van der Waals surface area contributed by atoms with Gasteiger partial charge in [0, 0.05) is 30.7 Å². The van der Waals surface area contributed by atoms with Crippen molar-refractivity contribution in [1.82, 2.24) is 20.2 Å². The van der Waals surface area contributed by atoms with E-state index in [2.05, 4.69) is 15.3 Å². The average molecular weight is 447 g/mol. The molecule has 172 valence electrons. The Kier molecular flexibility index (Phi) is 6.11. The quantitative estimate of drug-likeness (QED) is 0.631. The second kappa shape index (κ2) is 9.33. The maximum absolute atomic E-state index is 13.0. The van der Waals surface area contributed by atoms with E-state index in [1.54, 1.807) is 6.20 Å². The Bertz CT molecular complexity index is 1160. The molecule has 1 saturated carbocycles. The highest BCUT2D eigenvalue weighted by atomic mass is 16.3. The Hall–Kier alpha value is -3.22. The summed E-state index contributed by atoms with van der Waals surface area (Å²) in [6, 6.07) is 8.04. The van der Waals surface area contributed by atoms with Gasteiger partial charge in [-0.05, 0) is 63.1 Å². The summed E-state index contributed by atoms with van der Waals surface area (Å²) in [5.74, 6) is 0.655. The van der Waals surface area contributed by atoms with Crippen molar-refractivity contribution in [2.75, 3.05) is 13.1 Å². The van der Waals surface area contributed by atoms with Crippen LogP contribution in [0, 0.1) is 12.8 Å². The number of hydrogen-bond donors (Lipinski definition) is 1. The molecule has 7 nitrogen and oxygen atoms in total. The van der Waals surface area contributed by atoms with Gasteiger partial charge in [0.1, 0.15) is 11.9 Å². The first-order valence-corrected chi connectivity index (χ1v) is 12.0. The van der Waals surface area contributed by atoms with Gasteiger partial charge < -0.3 is 14.6 Å². The minimum absolute atomic E-state index is 0.0547. The monoisotopic (exact) mass is 446 g/mol. The zero-order valence-corrected chi connectivity index (χ0v) is 19.0. The van der Waals surface area contributed by atoms with Crippen molar-refractivity contribution in [2.24, 2.45) is 5.92 Å². The molecule has 0 radical (unpaired) electrons. The van der Waals surface area contributed by atoms with Crippen molar-refractivity contribution in [2.45, 2.75) is 57.9 Å². The Morgan fingerprint density at radius 2 is 1.91 bits per heavy atom. The molecule has 0 atom stereocenters. The third-order valence-corrected chi connectivity index (χ3v) is 7.00. The minimum atomic E-state index is -0.0646. The minimum Gasteiger partial charge on any atom is -0.451 e. The van der Waals surface area contributed by atoms with Gasteiger partial charge in [0.25, 0.3) is 11.8 Å². The summed E-state index contributed by atoms with van der Waals surface area (Å²) >= 11 is 0. The van der Waals surface area contributed by atoms with E-state index in [1.807, 2.05) is 36.1 Å². The predicted octanol–water partition coefficient (Wildman–Crippen LogP) is 4.30. The maximum Gasteiger partial charge on any atom is 0.289 e. The number of fused-ring (bicyclic) bond motifs is 1. The second-order valence-corrected chi connectivity index (χ2v) is 9.43. The lowest BCUT2D eigenvalue weighted by molar-refractivity contribution is 0.0660. The van der Waals surface area contributed by atoms with Crippen LogP contribution in [0.15, 0.2) is 41.2 Å². The van der Waals surface area contributed by atoms with Crippen molar-refractivity contribution in [3.05, 3.63) is 59.4 Å². The number of piperidine rings is 1. The molecule has 5 rings (SSSR count). The number of nitrogens with zero attached hydrogens (tertiary/aromatic N) is 3. The third kappa shape index (κ3) is 4.77. The van der Waals surface area contributed by atoms with Gasteiger partial charge in [0.05, 0.1) is 11.3 Å². The van der Waals surface area contributed by atoms with Crippen LogP contribution in [0.3, 0.4) is 0 Å². The van der Waals surface area contributed by atoms with Crippen molar-refractivity contribution in [3.8, 4) is 0 Å². The molecule has 3 aromatic rings. The normalized spacial score (nSPS) is 17.5. The van der Waals surface area contributed by atoms with Crippen molar-refractivity contribution >= 4 is 22.8 Å². The van der Waals surface area contributed by atoms with Crippen molar-refractivity contribution < 1.29 is 14.0 Å². The number of amides is 2. The Balaban J connectivity index is 1.20. The number of likely N-dealkylation sites (tertiary alicyclic amines) is 1. The summed E-state index contributed by atoms with van der Waals surface area (Å²) < 4.78 is 5.80. The van der Waals surface area contributed by atoms with Gasteiger partial charge >= 0.3 is 0 Å². The molecule has 2 fully saturated rings. The molecule has 2 amide bonds. The van der Waals surface area contributed by atoms with Crippen LogP contribution >= 0.6 is 0 Å². The molecular formula is C26H30N4O3. The lowest BCUT2D eigenvalue weighted by atomic mass is 9.90. The first-order valence-electron chi connectivity index (χ1n) is 12.0. The van der Waals surface area contributed by atoms with Gasteiger partial charge in [-0.2, -0.15) is 0 Å². The number of nitrogens with one attached hydrogen (secondary N) is 1. The highest BCUT2D eigenvalue weighted by Crippen LogP contribution is 2.26. The van der Waals surface area contributed by atoms with E-state index >= 15 is 0 Å². The largest absolute Gasteiger partial charge is 0.451 e. The zero-order chi connectivity index (χ0) is 22.8. The first kappa shape index (κ1) is 21.6. The molecule has 33 heavy (non-hydrogen) atoms. The Morgan fingerprint density at radius 3 is 2.70 bits per heavy atom. The average Bonchev–Trinajstić information content (AvgIpc) is 3.49. The number of furan rings is 1. The fraction of sp³-hybridized carbons (Fsp3) is 0.462. The molecule has 0 bridgehead atoms. The van der Waals surface area contributed by atoms with E-state index in [0.717, 1.165) is 54.3 Å². The van der Waals surface area contributed by atoms with Gasteiger partial charge in [0.15, 0.2) is 5.76 Å². The van der Waals surface area contributed by atoms with E-state index < -0.39 is 0 Å². The van der Waals surface area contributed by atoms with Crippen molar-refractivity contribution in [3.63, 3.8) is 0 Å². The molecule has 7 heteroatoms. The maximum atomic E-state index is 13.0. The number of aromatic nitrogens is 2. The van der Waals surface area contributed by atoms with Crippen LogP contribution in [0.2, 0.25) is 0 Å². The van der Waals surface area contributed by atoms with Crippen LogP contribution in [0.1, 0.15) is 70.7 Å². The SMILES string of the molecule is Cc1ccc2oc(C(=O)N3CCC(Cc4ncncc4C(=O)NC4CCCC4)CC3)cc2c1. The van der Waals surface area contributed by atoms with E-state index in [1.165, 1.54) is 19.2 Å². The lowest BCUT2D eigenvalue weighted by Crippen LogP contribution is -2.39. The second-order valence-electron chi connectivity index (χ2n) is 9.43. The van der Waals surface area contributed by atoms with Crippen LogP contribution < -0.4 is 5.32 Å². The summed E-state index contributed by atoms with van der Waals surface area (Å²) in [7, 11) is 0. The van der Waals surface area contributed by atoms with Crippen LogP contribution in [0.25, 0.3) is 11.0 Å². The third-order valence-electron chi connectivity index (χ3n) is 7.00. The number of aryl methyl sites for hydroxylation is 1. The van der Waals surface area contributed by atoms with E-state index in [0.29, 0.717) is 30.3 Å². The lowest BCUT2D eigenvalue weighted by Gasteiger charge is -2.31. The molecule has 1 saturated heterocycles. The molecule has 0 spiro atoms. The van der Waals surface area contributed by atoms with E-state index in [-0.39, 0.29) is 17.9 Å². The molecular weight excluding hydrogens is 416 g/mol. The first-order chi connectivity index (χ1) is 16.1. The summed E-state index contributed by atoms with van der Waals surface area (Å²) in [4.78, 5) is 36.2. The number of rotatable bonds is 5. The summed E-state index contributed by atoms with van der Waals surface area (Å²) in [5, 5.41) is 4.10. The highest BCUT2D eigenvalue weighted by molar-refractivity contribution is 5.96. The van der Waals surface area contributed by atoms with Gasteiger partial charge in [-0.3, -0.25) is 9.59 Å². The number of benzene rings is 1. The van der Waals surface area contributed by atoms with Crippen molar-refractivity contribution in [1.29, 1.82) is 0 Å². The van der Waals surface area contributed by atoms with Gasteiger partial charge in [-0.15, -0.1) is 0 Å². The predicted molar refractivity (Wildman–Crippen MR) is 125 cm³/mol. The molecule has 2 aromatic heterocycles. The molecule has 1 aliphatic heterocycles. The molecule has 1 aliphatic carbocycles. The molecule has 0 unspecified atom stereocenters. The van der Waals surface area contributed by atoms with Gasteiger partial charge in [-0.1, -0.05) is 24.5 Å². The van der Waals surface area contributed by atoms with Crippen LogP contribution in [-0.2, 0) is 6.42 Å². The molecule has 1 aromatic carbocycles. The number of hydrogen-bond acceptors (Lipinski definition) is 5. The Morgan fingerprint density at radius 1 is 1.12 bits per heavy atom. The molecule has 2 aliphatic rings. The van der Waals surface area contributed by atoms with Gasteiger partial charge in [0.2, 0.25) is 0 Å². The number of carbonyl (C=O) groups is 2. The summed E-state index contributed by atoms with van der Waals surface area (Å²) in [5.41, 5.74) is 3.27. The van der Waals surface area contributed by atoms with E-state index in [4.69, 9.17) is 4.42 Å². The van der Waals surface area contributed by atoms with Gasteiger partial charge in [-0.25, -0.2) is 9.97 Å². The van der Waals surface area contributed by atoms with Crippen LogP contribution in [-0.4, -0.2) is 45.8 Å². The van der Waals surface area contributed by atoms with E-state index in [9.17, 15) is 9.59 Å². The fourth-order valence-electron chi connectivity index (χ4n) is 5.08. The molecule has 1 N–H and O–H groups in total. The number of carbonyl (C=O) groups excluding carboxylic acids is 2. The zero-order valence-electron chi connectivity index (χ0n) is 19.0. The smallest absolute Gasteiger partial charge is 0.289 e. The topological polar surface area (TPSA) is 88.3 Å². The Labute approximate surface area is 193 Å².